The van der Waals surface area contributed by atoms with E-state index in [1.54, 1.807) is 0 Å². The summed E-state index contributed by atoms with van der Waals surface area (Å²) in [6.07, 6.45) is 13.6. The topological polar surface area (TPSA) is 122 Å². The normalized spacial score (nSPS) is 30.4. The van der Waals surface area contributed by atoms with E-state index in [1.807, 2.05) is 32.2 Å². The van der Waals surface area contributed by atoms with Gasteiger partial charge < -0.3 is 31.1 Å². The third-order valence-corrected chi connectivity index (χ3v) is 9.53. The number of aldehydes is 1. The Kier molecular flexibility index (Phi) is 14.9. The van der Waals surface area contributed by atoms with Gasteiger partial charge in [0.25, 0.3) is 0 Å². The van der Waals surface area contributed by atoms with Crippen LogP contribution in [-0.2, 0) is 4.79 Å². The summed E-state index contributed by atoms with van der Waals surface area (Å²) in [4.78, 5) is 11.9. The molecule has 5 atom stereocenters. The van der Waals surface area contributed by atoms with Crippen molar-refractivity contribution in [1.82, 2.24) is 10.6 Å². The Labute approximate surface area is 248 Å². The van der Waals surface area contributed by atoms with Crippen LogP contribution >= 0.6 is 0 Å². The predicted octanol–water partition coefficient (Wildman–Crippen LogP) is 4.15. The second-order valence-corrected chi connectivity index (χ2v) is 12.0. The zero-order chi connectivity index (χ0) is 30.5. The SMILES string of the molecule is C=C(/C=C/C=C(/CO)[C@@H]1CC[C@]2([C@@H]1O)[C@@H](CCCO)/C(=C(/C)C=O)CC[C@]2(O)CCNC)CC/C=C(\C)CNCC. The monoisotopic (exact) mass is 572 g/mol. The maximum Gasteiger partial charge on any atom is 0.145 e. The Morgan fingerprint density at radius 1 is 1.22 bits per heavy atom. The lowest BCUT2D eigenvalue weighted by Gasteiger charge is -2.57. The van der Waals surface area contributed by atoms with Crippen molar-refractivity contribution < 1.29 is 25.2 Å². The minimum absolute atomic E-state index is 0.00985. The van der Waals surface area contributed by atoms with Crippen molar-refractivity contribution >= 4 is 6.29 Å². The van der Waals surface area contributed by atoms with E-state index in [1.165, 1.54) is 5.57 Å². The van der Waals surface area contributed by atoms with Crippen LogP contribution in [0.5, 0.6) is 0 Å². The molecule has 2 fully saturated rings. The fraction of sp³-hybridized carbons (Fsp3) is 0.676. The molecule has 0 amide bonds. The summed E-state index contributed by atoms with van der Waals surface area (Å²) in [5.74, 6) is -0.544. The molecule has 7 heteroatoms. The molecule has 0 aromatic rings. The smallest absolute Gasteiger partial charge is 0.145 e. The molecule has 2 rings (SSSR count). The van der Waals surface area contributed by atoms with Crippen LogP contribution in [0, 0.1) is 17.3 Å². The first-order chi connectivity index (χ1) is 19.6. The van der Waals surface area contributed by atoms with Gasteiger partial charge >= 0.3 is 0 Å². The third-order valence-electron chi connectivity index (χ3n) is 9.53. The maximum atomic E-state index is 12.3. The number of carbonyl (C=O) groups excluding carboxylic acids is 1. The molecule has 0 aromatic carbocycles. The number of hydrogen-bond acceptors (Lipinski definition) is 7. The molecular formula is C34H56N2O5. The molecule has 0 radical (unpaired) electrons. The highest BCUT2D eigenvalue weighted by molar-refractivity contribution is 5.74. The standard InChI is InChI=1S/C34H56N2O5/c1-6-36-22-26(3)12-7-10-25(2)11-8-13-28(24-39)30-16-18-34(32(30)40)31(14-9-21-37)29(27(4)23-38)15-17-33(34,41)19-20-35-5/h8,11-13,23,30-32,35-37,39-41H,2,6-7,9-10,14-22,24H2,1,3-5H3/b11-8+,26-12+,28-13-,29-27-/t30-,31-,32+,33-,34+/m0/s1. The van der Waals surface area contributed by atoms with E-state index in [4.69, 9.17) is 0 Å². The van der Waals surface area contributed by atoms with Crippen LogP contribution in [0.15, 0.2) is 58.7 Å². The van der Waals surface area contributed by atoms with Crippen molar-refractivity contribution in [2.24, 2.45) is 17.3 Å². The summed E-state index contributed by atoms with van der Waals surface area (Å²) in [6.45, 7) is 12.5. The number of carbonyl (C=O) groups is 1. The molecule has 0 aliphatic heterocycles. The van der Waals surface area contributed by atoms with E-state index < -0.39 is 17.1 Å². The number of aliphatic hydroxyl groups excluding tert-OH is 3. The first-order valence-corrected chi connectivity index (χ1v) is 15.5. The third kappa shape index (κ3) is 8.59. The van der Waals surface area contributed by atoms with Gasteiger partial charge in [0.15, 0.2) is 0 Å². The Morgan fingerprint density at radius 2 is 1.98 bits per heavy atom. The van der Waals surface area contributed by atoms with Crippen LogP contribution in [-0.4, -0.2) is 78.3 Å². The lowest BCUT2D eigenvalue weighted by Crippen LogP contribution is -2.61. The van der Waals surface area contributed by atoms with E-state index in [0.717, 1.165) is 48.9 Å². The quantitative estimate of drug-likeness (QED) is 0.0670. The fourth-order valence-corrected chi connectivity index (χ4v) is 7.27. The number of nitrogens with one attached hydrogen (secondary N) is 2. The average Bonchev–Trinajstić information content (AvgIpc) is 3.31. The second kappa shape index (κ2) is 17.3. The highest BCUT2D eigenvalue weighted by Crippen LogP contribution is 2.63. The van der Waals surface area contributed by atoms with Crippen LogP contribution in [0.3, 0.4) is 0 Å². The van der Waals surface area contributed by atoms with Gasteiger partial charge in [-0.2, -0.15) is 0 Å². The summed E-state index contributed by atoms with van der Waals surface area (Å²) in [5.41, 5.74) is 2.67. The maximum absolute atomic E-state index is 12.3. The largest absolute Gasteiger partial charge is 0.396 e. The molecule has 0 aromatic heterocycles. The van der Waals surface area contributed by atoms with E-state index in [-0.39, 0.29) is 25.0 Å². The van der Waals surface area contributed by atoms with Crippen molar-refractivity contribution in [3.8, 4) is 0 Å². The molecule has 41 heavy (non-hydrogen) atoms. The Balaban J connectivity index is 2.34. The van der Waals surface area contributed by atoms with E-state index in [2.05, 4.69) is 37.1 Å². The molecule has 1 spiro atoms. The van der Waals surface area contributed by atoms with Gasteiger partial charge in [0.1, 0.15) is 6.29 Å². The Bertz CT molecular complexity index is 984. The summed E-state index contributed by atoms with van der Waals surface area (Å²) in [5, 5.41) is 50.9. The van der Waals surface area contributed by atoms with E-state index >= 15 is 0 Å². The van der Waals surface area contributed by atoms with Crippen LogP contribution in [0.2, 0.25) is 0 Å². The van der Waals surface area contributed by atoms with Crippen molar-refractivity contribution in [3.05, 3.63) is 58.7 Å². The second-order valence-electron chi connectivity index (χ2n) is 12.0. The van der Waals surface area contributed by atoms with Gasteiger partial charge in [-0.1, -0.05) is 54.5 Å². The predicted molar refractivity (Wildman–Crippen MR) is 167 cm³/mol. The van der Waals surface area contributed by atoms with E-state index in [9.17, 15) is 25.2 Å². The molecule has 7 nitrogen and oxygen atoms in total. The molecule has 232 valence electrons. The lowest BCUT2D eigenvalue weighted by molar-refractivity contribution is -0.180. The van der Waals surface area contributed by atoms with Crippen molar-refractivity contribution in [2.45, 2.75) is 90.3 Å². The summed E-state index contributed by atoms with van der Waals surface area (Å²) >= 11 is 0. The zero-order valence-corrected chi connectivity index (χ0v) is 25.9. The first-order valence-electron chi connectivity index (χ1n) is 15.5. The van der Waals surface area contributed by atoms with Gasteiger partial charge in [-0.05, 0) is 109 Å². The fourth-order valence-electron chi connectivity index (χ4n) is 7.27. The average molecular weight is 573 g/mol. The van der Waals surface area contributed by atoms with Gasteiger partial charge in [0.05, 0.1) is 18.3 Å². The summed E-state index contributed by atoms with van der Waals surface area (Å²) in [7, 11) is 1.85. The number of hydrogen-bond donors (Lipinski definition) is 6. The molecule has 0 saturated heterocycles. The van der Waals surface area contributed by atoms with Crippen molar-refractivity contribution in [2.75, 3.05) is 39.9 Å². The molecule has 2 aliphatic carbocycles. The van der Waals surface area contributed by atoms with Gasteiger partial charge in [-0.25, -0.2) is 0 Å². The number of aliphatic hydroxyl groups is 4. The first kappa shape index (κ1) is 35.3. The van der Waals surface area contributed by atoms with Crippen molar-refractivity contribution in [1.29, 1.82) is 0 Å². The zero-order valence-electron chi connectivity index (χ0n) is 25.9. The highest BCUT2D eigenvalue weighted by atomic mass is 16.3. The molecule has 2 aliphatic rings. The number of rotatable bonds is 17. The van der Waals surface area contributed by atoms with Gasteiger partial charge in [0.2, 0.25) is 0 Å². The molecule has 6 N–H and O–H groups in total. The van der Waals surface area contributed by atoms with Crippen LogP contribution in [0.1, 0.15) is 78.6 Å². The Morgan fingerprint density at radius 3 is 2.61 bits per heavy atom. The summed E-state index contributed by atoms with van der Waals surface area (Å²) in [6, 6.07) is 0. The highest BCUT2D eigenvalue weighted by Gasteiger charge is 2.65. The van der Waals surface area contributed by atoms with Gasteiger partial charge in [0, 0.05) is 24.5 Å². The van der Waals surface area contributed by atoms with Crippen LogP contribution in [0.25, 0.3) is 0 Å². The van der Waals surface area contributed by atoms with E-state index in [0.29, 0.717) is 57.1 Å². The van der Waals surface area contributed by atoms with Gasteiger partial charge in [-0.3, -0.25) is 4.79 Å². The molecule has 2 saturated carbocycles. The molecule has 0 heterocycles. The van der Waals surface area contributed by atoms with Gasteiger partial charge in [-0.15, -0.1) is 0 Å². The summed E-state index contributed by atoms with van der Waals surface area (Å²) < 4.78 is 0. The number of likely N-dealkylation sites (N-methyl/N-ethyl adjacent to an activating group) is 1. The lowest BCUT2D eigenvalue weighted by atomic mass is 9.51. The van der Waals surface area contributed by atoms with Crippen LogP contribution in [0.4, 0.5) is 0 Å². The van der Waals surface area contributed by atoms with Crippen molar-refractivity contribution in [3.63, 3.8) is 0 Å². The number of allylic oxidation sites excluding steroid dienone is 7. The molecular weight excluding hydrogens is 516 g/mol. The Hall–Kier alpha value is -1.87. The molecule has 0 bridgehead atoms. The molecule has 0 unspecified atom stereocenters. The minimum atomic E-state index is -1.14. The minimum Gasteiger partial charge on any atom is -0.396 e. The van der Waals surface area contributed by atoms with Crippen LogP contribution < -0.4 is 10.6 Å².